The van der Waals surface area contributed by atoms with Crippen molar-refractivity contribution in [3.63, 3.8) is 0 Å². The van der Waals surface area contributed by atoms with E-state index in [-0.39, 0.29) is 0 Å². The number of hydrogen-bond donors (Lipinski definition) is 1. The molecule has 0 radical (unpaired) electrons. The Morgan fingerprint density at radius 2 is 1.18 bits per heavy atom. The van der Waals surface area contributed by atoms with Crippen LogP contribution in [0.15, 0.2) is 24.8 Å². The molecule has 0 atom stereocenters. The van der Waals surface area contributed by atoms with Crippen molar-refractivity contribution in [2.75, 3.05) is 7.05 Å². The first-order chi connectivity index (χ1) is 5.15. The van der Waals surface area contributed by atoms with Crippen molar-refractivity contribution in [2.24, 2.45) is 5.73 Å². The van der Waals surface area contributed by atoms with Gasteiger partial charge in [0.15, 0.2) is 0 Å². The molecule has 0 fully saturated rings. The number of hydrogen-bond acceptors (Lipinski definition) is 1. The molecule has 0 aromatic heterocycles. The highest BCUT2D eigenvalue weighted by atomic mass is 14.4. The third kappa shape index (κ3) is 1670. The summed E-state index contributed by atoms with van der Waals surface area (Å²) in [6, 6.07) is 0. The van der Waals surface area contributed by atoms with Gasteiger partial charge in [0.25, 0.3) is 0 Å². The molecule has 0 unspecified atom stereocenters. The zero-order chi connectivity index (χ0) is 10.3. The van der Waals surface area contributed by atoms with Crippen molar-refractivity contribution in [1.82, 2.24) is 0 Å². The predicted molar refractivity (Wildman–Crippen MR) is 57.8 cm³/mol. The van der Waals surface area contributed by atoms with Gasteiger partial charge in [0.05, 0.1) is 0 Å². The summed E-state index contributed by atoms with van der Waals surface area (Å²) in [5.41, 5.74) is 5.67. The van der Waals surface area contributed by atoms with Gasteiger partial charge < -0.3 is 5.73 Å². The molecular formula is C10H25N. The van der Waals surface area contributed by atoms with Crippen LogP contribution < -0.4 is 5.73 Å². The Kier molecular flexibility index (Phi) is 116. The lowest BCUT2D eigenvalue weighted by molar-refractivity contribution is 1.42. The van der Waals surface area contributed by atoms with Gasteiger partial charge in [-0.1, -0.05) is 25.5 Å². The number of nitrogens with two attached hydrogens (primary N) is 1. The summed E-state index contributed by atoms with van der Waals surface area (Å²) in [6.07, 6.45) is 1.75. The molecule has 0 aromatic rings. The van der Waals surface area contributed by atoms with Gasteiger partial charge in [-0.2, -0.15) is 0 Å². The van der Waals surface area contributed by atoms with E-state index in [0.29, 0.717) is 0 Å². The van der Waals surface area contributed by atoms with Crippen LogP contribution in [0, 0.1) is 0 Å². The van der Waals surface area contributed by atoms with Crippen molar-refractivity contribution in [3.8, 4) is 0 Å². The van der Waals surface area contributed by atoms with E-state index in [1.165, 1.54) is 12.6 Å². The van der Waals surface area contributed by atoms with Gasteiger partial charge in [0.2, 0.25) is 0 Å². The minimum atomic E-state index is 1.17. The molecule has 0 bridgehead atoms. The summed E-state index contributed by atoms with van der Waals surface area (Å²) in [5, 5.41) is 0. The topological polar surface area (TPSA) is 26.0 Å². The maximum absolute atomic E-state index is 4.50. The van der Waals surface area contributed by atoms with Crippen LogP contribution in [0.4, 0.5) is 0 Å². The van der Waals surface area contributed by atoms with Crippen LogP contribution in [0.1, 0.15) is 34.6 Å². The highest BCUT2D eigenvalue weighted by molar-refractivity contribution is 4.78. The maximum atomic E-state index is 4.50. The van der Waals surface area contributed by atoms with Gasteiger partial charge in [-0.15, -0.1) is 13.2 Å². The second-order valence-corrected chi connectivity index (χ2v) is 1.62. The van der Waals surface area contributed by atoms with E-state index in [2.05, 4.69) is 18.9 Å². The van der Waals surface area contributed by atoms with Crippen LogP contribution in [0.25, 0.3) is 0 Å². The third-order valence-corrected chi connectivity index (χ3v) is 0. The molecule has 11 heavy (non-hydrogen) atoms. The van der Waals surface area contributed by atoms with E-state index in [1.807, 2.05) is 34.6 Å². The summed E-state index contributed by atoms with van der Waals surface area (Å²) in [4.78, 5) is 0. The minimum absolute atomic E-state index is 1.17. The fourth-order valence-electron chi connectivity index (χ4n) is 0. The van der Waals surface area contributed by atoms with E-state index in [9.17, 15) is 0 Å². The average Bonchev–Trinajstić information content (AvgIpc) is 1.96. The Balaban J connectivity index is -0.0000000315. The first-order valence-electron chi connectivity index (χ1n) is 3.92. The normalized spacial score (nSPS) is 4.64. The Labute approximate surface area is 73.0 Å². The molecule has 0 saturated heterocycles. The van der Waals surface area contributed by atoms with Crippen molar-refractivity contribution >= 4 is 0 Å². The van der Waals surface area contributed by atoms with Gasteiger partial charge in [0.1, 0.15) is 0 Å². The lowest BCUT2D eigenvalue weighted by atomic mass is 10.4. The molecule has 0 heterocycles. The smallest absolute Gasteiger partial charge is 0.0195 e. The minimum Gasteiger partial charge on any atom is -0.333 e. The lowest BCUT2D eigenvalue weighted by Crippen LogP contribution is -1.69. The zero-order valence-corrected chi connectivity index (χ0v) is 9.07. The first kappa shape index (κ1) is 22.4. The largest absolute Gasteiger partial charge is 0.333 e. The van der Waals surface area contributed by atoms with Gasteiger partial charge in [-0.3, -0.25) is 0 Å². The molecule has 0 aliphatic rings. The third-order valence-electron chi connectivity index (χ3n) is 0. The molecule has 70 valence electrons. The standard InChI is InChI=1S/C4H8.C3H6.C2H6.CH5N/c1-4(2)3;1-3-2;2*1-2/h1H2,2-3H3;3H,1H2,2H3;1-2H3;2H2,1H3. The number of rotatable bonds is 0. The molecule has 0 rings (SSSR count). The molecule has 0 aromatic carbocycles. The lowest BCUT2D eigenvalue weighted by Gasteiger charge is -1.65. The molecule has 0 aliphatic carbocycles. The van der Waals surface area contributed by atoms with E-state index in [1.54, 1.807) is 6.08 Å². The number of allylic oxidation sites excluding steroid dienone is 2. The fourth-order valence-corrected chi connectivity index (χ4v) is 0. The van der Waals surface area contributed by atoms with Crippen LogP contribution >= 0.6 is 0 Å². The molecule has 1 heteroatoms. The van der Waals surface area contributed by atoms with Gasteiger partial charge in [-0.05, 0) is 27.8 Å². The Bertz CT molecular complexity index is 51.9. The van der Waals surface area contributed by atoms with Crippen LogP contribution in [0.5, 0.6) is 0 Å². The Hall–Kier alpha value is -0.560. The molecule has 1 nitrogen and oxygen atoms in total. The molecule has 0 amide bonds. The van der Waals surface area contributed by atoms with Gasteiger partial charge in [0, 0.05) is 0 Å². The molecular weight excluding hydrogens is 134 g/mol. The molecule has 0 saturated carbocycles. The average molecular weight is 159 g/mol. The highest BCUT2D eigenvalue weighted by Gasteiger charge is 1.51. The van der Waals surface area contributed by atoms with Crippen molar-refractivity contribution in [1.29, 1.82) is 0 Å². The summed E-state index contributed by atoms with van der Waals surface area (Å²) < 4.78 is 0. The summed E-state index contributed by atoms with van der Waals surface area (Å²) >= 11 is 0. The summed E-state index contributed by atoms with van der Waals surface area (Å²) in [7, 11) is 1.50. The van der Waals surface area contributed by atoms with Crippen LogP contribution in [0.3, 0.4) is 0 Å². The van der Waals surface area contributed by atoms with E-state index in [0.717, 1.165) is 0 Å². The van der Waals surface area contributed by atoms with Crippen LogP contribution in [0.2, 0.25) is 0 Å². The second-order valence-electron chi connectivity index (χ2n) is 1.62. The molecule has 0 spiro atoms. The molecule has 0 aliphatic heterocycles. The predicted octanol–water partition coefficient (Wildman–Crippen LogP) is 3.38. The summed E-state index contributed by atoms with van der Waals surface area (Å²) in [6.45, 7) is 16.8. The van der Waals surface area contributed by atoms with E-state index >= 15 is 0 Å². The van der Waals surface area contributed by atoms with E-state index < -0.39 is 0 Å². The van der Waals surface area contributed by atoms with Crippen molar-refractivity contribution in [2.45, 2.75) is 34.6 Å². The van der Waals surface area contributed by atoms with Crippen LogP contribution in [-0.2, 0) is 0 Å². The zero-order valence-electron chi connectivity index (χ0n) is 9.07. The van der Waals surface area contributed by atoms with E-state index in [4.69, 9.17) is 0 Å². The highest BCUT2D eigenvalue weighted by Crippen LogP contribution is 1.73. The SMILES string of the molecule is C=C(C)C.C=CC.CC.CN. The van der Waals surface area contributed by atoms with Crippen molar-refractivity contribution in [3.05, 3.63) is 24.8 Å². The molecule has 2 N–H and O–H groups in total. The van der Waals surface area contributed by atoms with Gasteiger partial charge in [-0.25, -0.2) is 0 Å². The van der Waals surface area contributed by atoms with Crippen molar-refractivity contribution < 1.29 is 0 Å². The monoisotopic (exact) mass is 159 g/mol. The Morgan fingerprint density at radius 1 is 1.18 bits per heavy atom. The summed E-state index contributed by atoms with van der Waals surface area (Å²) in [5.74, 6) is 0. The quantitative estimate of drug-likeness (QED) is 0.539. The first-order valence-corrected chi connectivity index (χ1v) is 3.92. The second kappa shape index (κ2) is 56.8. The maximum Gasteiger partial charge on any atom is -0.0195 e. The Morgan fingerprint density at radius 3 is 1.18 bits per heavy atom. The fraction of sp³-hybridized carbons (Fsp3) is 0.600. The van der Waals surface area contributed by atoms with Crippen LogP contribution in [-0.4, -0.2) is 7.05 Å². The van der Waals surface area contributed by atoms with Gasteiger partial charge >= 0.3 is 0 Å².